The van der Waals surface area contributed by atoms with Crippen LogP contribution in [0.4, 0.5) is 0 Å². The number of halogens is 7. The standard InChI is InChI=1S/C4H9Cl7Si3/c1-4(2,3)12(5,13(6,7)8)14(9,10)11/h1-3H3. The molecule has 0 fully saturated rings. The molecule has 0 aliphatic heterocycles. The lowest BCUT2D eigenvalue weighted by Crippen LogP contribution is -2.67. The summed E-state index contributed by atoms with van der Waals surface area (Å²) in [5, 5.41) is -0.441. The van der Waals surface area contributed by atoms with Gasteiger partial charge in [-0.15, -0.1) is 66.5 Å². The van der Waals surface area contributed by atoms with Crippen LogP contribution in [0.15, 0.2) is 0 Å². The molecule has 0 amide bonds. The van der Waals surface area contributed by atoms with Crippen LogP contribution in [0, 0.1) is 0 Å². The van der Waals surface area contributed by atoms with Gasteiger partial charge in [0.1, 0.15) is 0 Å². The largest absolute Gasteiger partial charge is 0.344 e. The highest BCUT2D eigenvalue weighted by Crippen LogP contribution is 2.57. The summed E-state index contributed by atoms with van der Waals surface area (Å²) in [6, 6.07) is 0. The molecule has 0 aliphatic rings. The maximum Gasteiger partial charge on any atom is 0.344 e. The van der Waals surface area contributed by atoms with Crippen LogP contribution in [0.25, 0.3) is 0 Å². The molecule has 0 N–H and O–H groups in total. The third-order valence-electron chi connectivity index (χ3n) is 1.81. The maximum absolute atomic E-state index is 6.44. The summed E-state index contributed by atoms with van der Waals surface area (Å²) in [6.45, 7) is 5.57. The Labute approximate surface area is 120 Å². The summed E-state index contributed by atoms with van der Waals surface area (Å²) in [4.78, 5) is 0. The van der Waals surface area contributed by atoms with E-state index < -0.39 is 22.5 Å². The quantitative estimate of drug-likeness (QED) is 0.436. The maximum atomic E-state index is 6.44. The molecule has 0 aliphatic carbocycles. The molecule has 0 aromatic heterocycles. The van der Waals surface area contributed by atoms with E-state index in [1.165, 1.54) is 0 Å². The summed E-state index contributed by atoms with van der Waals surface area (Å²) in [6.07, 6.45) is -3.01. The van der Waals surface area contributed by atoms with Crippen molar-refractivity contribution in [2.75, 3.05) is 0 Å². The van der Waals surface area contributed by atoms with E-state index >= 15 is 0 Å². The molecule has 0 aromatic carbocycles. The lowest BCUT2D eigenvalue weighted by molar-refractivity contribution is 0.752. The molecule has 86 valence electrons. The molecule has 14 heavy (non-hydrogen) atoms. The molecular formula is C4H9Cl7Si3. The molecule has 0 rings (SSSR count). The minimum absolute atomic E-state index is 0.441. The Hall–Kier alpha value is 2.68. The van der Waals surface area contributed by atoms with Gasteiger partial charge in [-0.05, 0) is 5.04 Å². The monoisotopic (exact) mass is 386 g/mol. The zero-order chi connectivity index (χ0) is 12.0. The van der Waals surface area contributed by atoms with Crippen molar-refractivity contribution in [2.24, 2.45) is 0 Å². The number of hydrogen-bond acceptors (Lipinski definition) is 0. The van der Waals surface area contributed by atoms with Crippen LogP contribution in [0.3, 0.4) is 0 Å². The predicted octanol–water partition coefficient (Wildman–Crippen LogP) is 5.44. The number of hydrogen-bond donors (Lipinski definition) is 0. The lowest BCUT2D eigenvalue weighted by atomic mass is 10.3. The average Bonchev–Trinajstić information content (AvgIpc) is 1.77. The average molecular weight is 390 g/mol. The van der Waals surface area contributed by atoms with Crippen LogP contribution in [0.5, 0.6) is 0 Å². The van der Waals surface area contributed by atoms with Crippen LogP contribution < -0.4 is 0 Å². The van der Waals surface area contributed by atoms with Gasteiger partial charge in [0.15, 0.2) is 0 Å². The Morgan fingerprint density at radius 1 is 0.643 bits per heavy atom. The van der Waals surface area contributed by atoms with Gasteiger partial charge in [0.2, 0.25) is 6.42 Å². The van der Waals surface area contributed by atoms with Crippen molar-refractivity contribution in [2.45, 2.75) is 25.8 Å². The Morgan fingerprint density at radius 2 is 0.857 bits per heavy atom. The lowest BCUT2D eigenvalue weighted by Gasteiger charge is -2.43. The fraction of sp³-hybridized carbons (Fsp3) is 1.00. The van der Waals surface area contributed by atoms with Gasteiger partial charge in [0, 0.05) is 0 Å². The summed E-state index contributed by atoms with van der Waals surface area (Å²) >= 11 is 42.4. The predicted molar refractivity (Wildman–Crippen MR) is 77.9 cm³/mol. The molecular weight excluding hydrogens is 380 g/mol. The summed E-state index contributed by atoms with van der Waals surface area (Å²) < 4.78 is 0. The van der Waals surface area contributed by atoms with E-state index in [0.29, 0.717) is 0 Å². The molecule has 0 saturated heterocycles. The highest BCUT2D eigenvalue weighted by Gasteiger charge is 2.72. The molecule has 0 heterocycles. The summed E-state index contributed by atoms with van der Waals surface area (Å²) in [5.74, 6) is 0. The smallest absolute Gasteiger partial charge is 0.164 e. The first kappa shape index (κ1) is 16.7. The molecule has 0 aromatic rings. The van der Waals surface area contributed by atoms with Crippen molar-refractivity contribution in [1.29, 1.82) is 0 Å². The first-order valence-corrected chi connectivity index (χ1v) is 18.7. The van der Waals surface area contributed by atoms with Gasteiger partial charge in [-0.2, -0.15) is 11.1 Å². The van der Waals surface area contributed by atoms with E-state index in [0.717, 1.165) is 0 Å². The molecule has 0 bridgehead atoms. The van der Waals surface area contributed by atoms with Crippen LogP contribution in [0.1, 0.15) is 20.8 Å². The van der Waals surface area contributed by atoms with E-state index in [9.17, 15) is 0 Å². The summed E-state index contributed by atoms with van der Waals surface area (Å²) in [5.41, 5.74) is -6.39. The second kappa shape index (κ2) is 4.75. The zero-order valence-corrected chi connectivity index (χ0v) is 15.9. The topological polar surface area (TPSA) is 0 Å². The number of rotatable bonds is 2. The minimum Gasteiger partial charge on any atom is -0.164 e. The van der Waals surface area contributed by atoms with Crippen molar-refractivity contribution in [3.63, 3.8) is 0 Å². The normalized spacial score (nSPS) is 15.9. The summed E-state index contributed by atoms with van der Waals surface area (Å²) in [7, 11) is 0. The second-order valence-electron chi connectivity index (χ2n) is 3.90. The van der Waals surface area contributed by atoms with Crippen LogP contribution in [-0.4, -0.2) is 17.5 Å². The van der Waals surface area contributed by atoms with Crippen LogP contribution in [-0.2, 0) is 0 Å². The van der Waals surface area contributed by atoms with E-state index in [-0.39, 0.29) is 0 Å². The Morgan fingerprint density at radius 3 is 0.857 bits per heavy atom. The highest BCUT2D eigenvalue weighted by atomic mass is 35.9. The molecule has 0 radical (unpaired) electrons. The third-order valence-corrected chi connectivity index (χ3v) is 57.3. The van der Waals surface area contributed by atoms with Crippen molar-refractivity contribution in [1.82, 2.24) is 0 Å². The molecule has 10 heteroatoms. The first-order valence-electron chi connectivity index (χ1n) is 3.57. The highest BCUT2D eigenvalue weighted by molar-refractivity contribution is 8.18. The third kappa shape index (κ3) is 3.12. The van der Waals surface area contributed by atoms with Crippen molar-refractivity contribution < 1.29 is 0 Å². The van der Waals surface area contributed by atoms with Crippen molar-refractivity contribution in [3.8, 4) is 0 Å². The Balaban J connectivity index is 5.54. The van der Waals surface area contributed by atoms with Gasteiger partial charge in [-0.3, -0.25) is 0 Å². The van der Waals surface area contributed by atoms with Gasteiger partial charge in [0.05, 0.1) is 0 Å². The molecule has 0 nitrogen and oxygen atoms in total. The van der Waals surface area contributed by atoms with Crippen LogP contribution >= 0.6 is 77.6 Å². The zero-order valence-electron chi connectivity index (χ0n) is 7.65. The van der Waals surface area contributed by atoms with E-state index in [1.807, 2.05) is 20.8 Å². The minimum atomic E-state index is -3.19. The van der Waals surface area contributed by atoms with E-state index in [4.69, 9.17) is 77.6 Å². The van der Waals surface area contributed by atoms with Crippen LogP contribution in [0.2, 0.25) is 5.04 Å². The first-order chi connectivity index (χ1) is 5.75. The van der Waals surface area contributed by atoms with Gasteiger partial charge in [-0.25, -0.2) is 0 Å². The van der Waals surface area contributed by atoms with Crippen molar-refractivity contribution in [3.05, 3.63) is 0 Å². The second-order valence-corrected chi connectivity index (χ2v) is 42.2. The molecule has 0 atom stereocenters. The molecule has 0 saturated carbocycles. The van der Waals surface area contributed by atoms with Gasteiger partial charge < -0.3 is 0 Å². The fourth-order valence-corrected chi connectivity index (χ4v) is 62.0. The molecule has 0 spiro atoms. The fourth-order valence-electron chi connectivity index (χ4n) is 1.01. The van der Waals surface area contributed by atoms with E-state index in [1.54, 1.807) is 0 Å². The molecule has 0 unspecified atom stereocenters. The van der Waals surface area contributed by atoms with E-state index in [2.05, 4.69) is 0 Å². The van der Waals surface area contributed by atoms with Crippen molar-refractivity contribution >= 4 is 95.0 Å². The van der Waals surface area contributed by atoms with Gasteiger partial charge in [-0.1, -0.05) is 20.8 Å². The van der Waals surface area contributed by atoms with Gasteiger partial charge in [0.25, 0.3) is 0 Å². The van der Waals surface area contributed by atoms with Gasteiger partial charge >= 0.3 is 11.0 Å². The Kier molecular flexibility index (Phi) is 5.66. The SMILES string of the molecule is CC(C)(C)[Si](Cl)([Si](Cl)(Cl)Cl)[Si](Cl)(Cl)Cl. The Bertz CT molecular complexity index is 174.